The topological polar surface area (TPSA) is 75.7 Å². The Bertz CT molecular complexity index is 1010. The van der Waals surface area contributed by atoms with Crippen molar-refractivity contribution in [2.45, 2.75) is 24.7 Å². The van der Waals surface area contributed by atoms with E-state index >= 15 is 0 Å². The van der Waals surface area contributed by atoms with Crippen molar-refractivity contribution in [3.05, 3.63) is 57.8 Å². The molecule has 3 rings (SSSR count). The van der Waals surface area contributed by atoms with Crippen LogP contribution in [0.4, 0.5) is 10.1 Å². The maximum atomic E-state index is 13.9. The summed E-state index contributed by atoms with van der Waals surface area (Å²) in [4.78, 5) is 12.5. The quantitative estimate of drug-likeness (QED) is 0.680. The minimum Gasteiger partial charge on any atom is -0.379 e. The Morgan fingerprint density at radius 3 is 2.62 bits per heavy atom. The Balaban J connectivity index is 1.69. The molecule has 0 aromatic heterocycles. The number of hydrogen-bond donors (Lipinski definition) is 1. The molecule has 2 aromatic carbocycles. The second-order valence-electron chi connectivity index (χ2n) is 6.78. The first kappa shape index (κ1) is 21.9. The van der Waals surface area contributed by atoms with Gasteiger partial charge in [-0.2, -0.15) is 4.31 Å². The second kappa shape index (κ2) is 9.34. The molecular weight excluding hydrogens is 463 g/mol. The summed E-state index contributed by atoms with van der Waals surface area (Å²) >= 11 is 3.20. The average Bonchev–Trinajstić information content (AvgIpc) is 2.69. The van der Waals surface area contributed by atoms with Gasteiger partial charge in [-0.15, -0.1) is 0 Å². The van der Waals surface area contributed by atoms with Crippen LogP contribution < -0.4 is 5.32 Å². The fourth-order valence-corrected chi connectivity index (χ4v) is 5.07. The standard InChI is InChI=1S/C20H22BrFN2O4S/c1-14-2-6-17(13-19(14)29(26,27)24-8-10-28-11-9-24)23-20(25)7-4-15-3-5-16(21)12-18(15)22/h2-3,5-6,12-13H,4,7-11H2,1H3,(H,23,25). The van der Waals surface area contributed by atoms with Crippen LogP contribution in [-0.4, -0.2) is 44.9 Å². The Morgan fingerprint density at radius 1 is 1.21 bits per heavy atom. The number of carbonyl (C=O) groups excluding carboxylic acids is 1. The summed E-state index contributed by atoms with van der Waals surface area (Å²) in [5.41, 5.74) is 1.44. The van der Waals surface area contributed by atoms with Crippen LogP contribution in [0.5, 0.6) is 0 Å². The van der Waals surface area contributed by atoms with Crippen molar-refractivity contribution in [1.29, 1.82) is 0 Å². The lowest BCUT2D eigenvalue weighted by atomic mass is 10.1. The van der Waals surface area contributed by atoms with Gasteiger partial charge < -0.3 is 10.1 Å². The maximum Gasteiger partial charge on any atom is 0.243 e. The summed E-state index contributed by atoms with van der Waals surface area (Å²) < 4.78 is 47.0. The molecule has 9 heteroatoms. The summed E-state index contributed by atoms with van der Waals surface area (Å²) in [6.45, 7) is 3.05. The van der Waals surface area contributed by atoms with Crippen molar-refractivity contribution >= 4 is 37.5 Å². The van der Waals surface area contributed by atoms with Gasteiger partial charge in [-0.05, 0) is 48.7 Å². The van der Waals surface area contributed by atoms with E-state index in [-0.39, 0.29) is 29.5 Å². The molecular formula is C20H22BrFN2O4S. The number of ether oxygens (including phenoxy) is 1. The highest BCUT2D eigenvalue weighted by molar-refractivity contribution is 9.10. The molecule has 0 atom stereocenters. The molecule has 2 aromatic rings. The summed E-state index contributed by atoms with van der Waals surface area (Å²) in [5.74, 6) is -0.688. The van der Waals surface area contributed by atoms with Crippen molar-refractivity contribution in [1.82, 2.24) is 4.31 Å². The van der Waals surface area contributed by atoms with E-state index in [0.717, 1.165) is 0 Å². The molecule has 1 aliphatic rings. The van der Waals surface area contributed by atoms with Crippen LogP contribution in [-0.2, 0) is 26.0 Å². The smallest absolute Gasteiger partial charge is 0.243 e. The number of nitrogens with zero attached hydrogens (tertiary/aromatic N) is 1. The number of benzene rings is 2. The molecule has 0 radical (unpaired) electrons. The van der Waals surface area contributed by atoms with Gasteiger partial charge in [0.05, 0.1) is 18.1 Å². The SMILES string of the molecule is Cc1ccc(NC(=O)CCc2ccc(Br)cc2F)cc1S(=O)(=O)N1CCOCC1. The summed E-state index contributed by atoms with van der Waals surface area (Å²) in [5, 5.41) is 2.71. The number of anilines is 1. The normalized spacial score (nSPS) is 15.3. The molecule has 156 valence electrons. The molecule has 0 unspecified atom stereocenters. The van der Waals surface area contributed by atoms with Crippen molar-refractivity contribution in [3.8, 4) is 0 Å². The summed E-state index contributed by atoms with van der Waals surface area (Å²) in [6, 6.07) is 9.50. The van der Waals surface area contributed by atoms with Crippen molar-refractivity contribution in [2.24, 2.45) is 0 Å². The third kappa shape index (κ3) is 5.42. The first-order valence-electron chi connectivity index (χ1n) is 9.20. The Kier molecular flexibility index (Phi) is 7.05. The number of sulfonamides is 1. The third-order valence-corrected chi connectivity index (χ3v) is 7.23. The van der Waals surface area contributed by atoms with Gasteiger partial charge in [-0.1, -0.05) is 28.1 Å². The fraction of sp³-hybridized carbons (Fsp3) is 0.350. The van der Waals surface area contributed by atoms with E-state index < -0.39 is 10.0 Å². The van der Waals surface area contributed by atoms with E-state index in [1.165, 1.54) is 16.4 Å². The van der Waals surface area contributed by atoms with Gasteiger partial charge in [0.1, 0.15) is 5.82 Å². The molecule has 1 fully saturated rings. The molecule has 6 nitrogen and oxygen atoms in total. The van der Waals surface area contributed by atoms with E-state index in [2.05, 4.69) is 21.2 Å². The highest BCUT2D eigenvalue weighted by Gasteiger charge is 2.28. The number of halogens is 2. The zero-order chi connectivity index (χ0) is 21.0. The Morgan fingerprint density at radius 2 is 1.93 bits per heavy atom. The van der Waals surface area contributed by atoms with Crippen LogP contribution >= 0.6 is 15.9 Å². The first-order valence-corrected chi connectivity index (χ1v) is 11.4. The highest BCUT2D eigenvalue weighted by atomic mass is 79.9. The van der Waals surface area contributed by atoms with Crippen LogP contribution in [0.15, 0.2) is 45.8 Å². The van der Waals surface area contributed by atoms with Crippen molar-refractivity contribution in [3.63, 3.8) is 0 Å². The molecule has 1 N–H and O–H groups in total. The van der Waals surface area contributed by atoms with Gasteiger partial charge in [0, 0.05) is 29.7 Å². The van der Waals surface area contributed by atoms with E-state index in [4.69, 9.17) is 4.74 Å². The molecule has 29 heavy (non-hydrogen) atoms. The number of rotatable bonds is 6. The first-order chi connectivity index (χ1) is 13.8. The monoisotopic (exact) mass is 484 g/mol. The molecule has 1 amide bonds. The van der Waals surface area contributed by atoms with Crippen LogP contribution in [0, 0.1) is 12.7 Å². The maximum absolute atomic E-state index is 13.9. The largest absolute Gasteiger partial charge is 0.379 e. The Hall–Kier alpha value is -1.81. The van der Waals surface area contributed by atoms with Crippen LogP contribution in [0.25, 0.3) is 0 Å². The fourth-order valence-electron chi connectivity index (χ4n) is 3.08. The molecule has 1 aliphatic heterocycles. The third-order valence-electron chi connectivity index (χ3n) is 4.70. The van der Waals surface area contributed by atoms with Gasteiger partial charge in [0.2, 0.25) is 15.9 Å². The van der Waals surface area contributed by atoms with Crippen molar-refractivity contribution < 1.29 is 22.3 Å². The molecule has 0 saturated carbocycles. The second-order valence-corrected chi connectivity index (χ2v) is 9.60. The number of morpholine rings is 1. The molecule has 1 heterocycles. The van der Waals surface area contributed by atoms with Crippen LogP contribution in [0.2, 0.25) is 0 Å². The molecule has 0 bridgehead atoms. The lowest BCUT2D eigenvalue weighted by Crippen LogP contribution is -2.40. The van der Waals surface area contributed by atoms with E-state index in [1.54, 1.807) is 31.2 Å². The van der Waals surface area contributed by atoms with Gasteiger partial charge in [-0.25, -0.2) is 12.8 Å². The molecule has 0 spiro atoms. The predicted molar refractivity (Wildman–Crippen MR) is 112 cm³/mol. The summed E-state index contributed by atoms with van der Waals surface area (Å²) in [6.07, 6.45) is 0.327. The van der Waals surface area contributed by atoms with Crippen LogP contribution in [0.3, 0.4) is 0 Å². The van der Waals surface area contributed by atoms with E-state index in [9.17, 15) is 17.6 Å². The molecule has 1 saturated heterocycles. The van der Waals surface area contributed by atoms with Crippen molar-refractivity contribution in [2.75, 3.05) is 31.6 Å². The van der Waals surface area contributed by atoms with Gasteiger partial charge in [-0.3, -0.25) is 4.79 Å². The van der Waals surface area contributed by atoms with Crippen LogP contribution in [0.1, 0.15) is 17.5 Å². The predicted octanol–water partition coefficient (Wildman–Crippen LogP) is 3.49. The van der Waals surface area contributed by atoms with E-state index in [0.29, 0.717) is 47.6 Å². The number of carbonyl (C=O) groups is 1. The van der Waals surface area contributed by atoms with Gasteiger partial charge in [0.25, 0.3) is 0 Å². The zero-order valence-corrected chi connectivity index (χ0v) is 18.4. The zero-order valence-electron chi connectivity index (χ0n) is 16.0. The summed E-state index contributed by atoms with van der Waals surface area (Å²) in [7, 11) is -3.67. The number of aryl methyl sites for hydroxylation is 2. The minimum absolute atomic E-state index is 0.0813. The van der Waals surface area contributed by atoms with Gasteiger partial charge in [0.15, 0.2) is 0 Å². The van der Waals surface area contributed by atoms with Gasteiger partial charge >= 0.3 is 0 Å². The number of amides is 1. The minimum atomic E-state index is -3.67. The lowest BCUT2D eigenvalue weighted by molar-refractivity contribution is -0.116. The van der Waals surface area contributed by atoms with E-state index in [1.807, 2.05) is 0 Å². The average molecular weight is 485 g/mol. The highest BCUT2D eigenvalue weighted by Crippen LogP contribution is 2.25. The number of hydrogen-bond acceptors (Lipinski definition) is 4. The number of nitrogens with one attached hydrogen (secondary N) is 1. The molecule has 0 aliphatic carbocycles. The lowest BCUT2D eigenvalue weighted by Gasteiger charge is -2.26. The Labute approximate surface area is 178 Å².